The second kappa shape index (κ2) is 8.26. The Morgan fingerprint density at radius 1 is 1.21 bits per heavy atom. The van der Waals surface area contributed by atoms with Gasteiger partial charge in [0.1, 0.15) is 0 Å². The molecule has 0 amide bonds. The van der Waals surface area contributed by atoms with Crippen LogP contribution in [0.2, 0.25) is 0 Å². The Morgan fingerprint density at radius 3 is 2.79 bits per heavy atom. The largest absolute Gasteiger partial charge is 0.494 e. The summed E-state index contributed by atoms with van der Waals surface area (Å²) in [5.74, 6) is 0.0915. The Labute approximate surface area is 186 Å². The van der Waals surface area contributed by atoms with Crippen molar-refractivity contribution in [2.45, 2.75) is 25.4 Å². The predicted molar refractivity (Wildman–Crippen MR) is 114 cm³/mol. The van der Waals surface area contributed by atoms with E-state index in [0.717, 1.165) is 25.1 Å². The fourth-order valence-corrected chi connectivity index (χ4v) is 4.12. The molecule has 0 bridgehead atoms. The summed E-state index contributed by atoms with van der Waals surface area (Å²) in [6.07, 6.45) is 3.22. The van der Waals surface area contributed by atoms with Crippen molar-refractivity contribution in [1.29, 1.82) is 0 Å². The minimum Gasteiger partial charge on any atom is -0.494 e. The number of halogens is 3. The van der Waals surface area contributed by atoms with Crippen LogP contribution in [-0.4, -0.2) is 51.4 Å². The predicted octanol–water partition coefficient (Wildman–Crippen LogP) is 3.39. The first kappa shape index (κ1) is 21.0. The molecule has 1 saturated heterocycles. The quantitative estimate of drug-likeness (QED) is 0.485. The maximum Gasteiger partial charge on any atom is 0.388 e. The van der Waals surface area contributed by atoms with Crippen LogP contribution in [0.15, 0.2) is 30.5 Å². The monoisotopic (exact) mass is 459 g/mol. The van der Waals surface area contributed by atoms with E-state index in [1.165, 1.54) is 36.0 Å². The first-order valence-electron chi connectivity index (χ1n) is 10.3. The second-order valence-electron chi connectivity index (χ2n) is 7.70. The number of alkyl halides is 2. The molecule has 1 aromatic carbocycles. The number of hydrogen-bond acceptors (Lipinski definition) is 8. The van der Waals surface area contributed by atoms with Crippen LogP contribution in [-0.2, 0) is 0 Å². The zero-order valence-electron chi connectivity index (χ0n) is 17.6. The average molecular weight is 459 g/mol. The third kappa shape index (κ3) is 3.92. The third-order valence-corrected chi connectivity index (χ3v) is 5.67. The lowest BCUT2D eigenvalue weighted by atomic mass is 9.97. The summed E-state index contributed by atoms with van der Waals surface area (Å²) in [4.78, 5) is 15.0. The third-order valence-electron chi connectivity index (χ3n) is 5.67. The molecule has 5 rings (SSSR count). The van der Waals surface area contributed by atoms with Crippen LogP contribution in [0.1, 0.15) is 24.6 Å². The molecule has 172 valence electrons. The van der Waals surface area contributed by atoms with Crippen molar-refractivity contribution in [2.24, 2.45) is 0 Å². The molecule has 1 aliphatic heterocycles. The Bertz CT molecular complexity index is 1310. The molecule has 9 nitrogen and oxygen atoms in total. The minimum atomic E-state index is -2.92. The average Bonchev–Trinajstić information content (AvgIpc) is 3.26. The Morgan fingerprint density at radius 2 is 2.06 bits per heavy atom. The molecular weight excluding hydrogens is 439 g/mol. The number of ether oxygens (including phenoxy) is 2. The molecule has 0 aliphatic carbocycles. The molecule has 1 atom stereocenters. The Hall–Kier alpha value is -3.83. The number of rotatable bonds is 5. The van der Waals surface area contributed by atoms with Crippen molar-refractivity contribution < 1.29 is 22.6 Å². The molecule has 1 unspecified atom stereocenters. The molecule has 1 fully saturated rings. The van der Waals surface area contributed by atoms with Crippen molar-refractivity contribution in [3.8, 4) is 11.6 Å². The fraction of sp³-hybridized carbons (Fsp3) is 0.333. The maximum atomic E-state index is 14.3. The van der Waals surface area contributed by atoms with Gasteiger partial charge >= 0.3 is 6.61 Å². The highest BCUT2D eigenvalue weighted by Gasteiger charge is 2.26. The van der Waals surface area contributed by atoms with E-state index in [1.807, 2.05) is 0 Å². The van der Waals surface area contributed by atoms with Gasteiger partial charge in [-0.1, -0.05) is 0 Å². The van der Waals surface area contributed by atoms with Crippen LogP contribution in [0, 0.1) is 5.82 Å². The van der Waals surface area contributed by atoms with Gasteiger partial charge in [-0.15, -0.1) is 5.10 Å². The van der Waals surface area contributed by atoms with E-state index in [-0.39, 0.29) is 23.5 Å². The summed E-state index contributed by atoms with van der Waals surface area (Å²) in [6.45, 7) is -1.55. The SMILES string of the molecule is COc1cc2nc(N)n3nc(C4CCCN(c5ccc(OC(F)F)nc5)C4)nc3c2cc1F. The highest BCUT2D eigenvalue weighted by molar-refractivity contribution is 5.93. The van der Waals surface area contributed by atoms with Crippen molar-refractivity contribution in [2.75, 3.05) is 30.8 Å². The minimum absolute atomic E-state index is 0.0202. The van der Waals surface area contributed by atoms with Crippen LogP contribution in [0.3, 0.4) is 0 Å². The van der Waals surface area contributed by atoms with E-state index in [2.05, 4.69) is 29.7 Å². The van der Waals surface area contributed by atoms with Crippen LogP contribution >= 0.6 is 0 Å². The van der Waals surface area contributed by atoms with Crippen molar-refractivity contribution >= 4 is 28.2 Å². The zero-order valence-corrected chi connectivity index (χ0v) is 17.6. The number of hydrogen-bond donors (Lipinski definition) is 1. The topological polar surface area (TPSA) is 104 Å². The van der Waals surface area contributed by atoms with Crippen LogP contribution < -0.4 is 20.1 Å². The van der Waals surface area contributed by atoms with E-state index in [9.17, 15) is 13.2 Å². The molecule has 12 heteroatoms. The smallest absolute Gasteiger partial charge is 0.388 e. The number of fused-ring (bicyclic) bond motifs is 3. The lowest BCUT2D eigenvalue weighted by Gasteiger charge is -2.33. The number of methoxy groups -OCH3 is 1. The van der Waals surface area contributed by atoms with Gasteiger partial charge < -0.3 is 20.1 Å². The number of pyridine rings is 1. The number of benzene rings is 1. The summed E-state index contributed by atoms with van der Waals surface area (Å²) in [7, 11) is 1.38. The summed E-state index contributed by atoms with van der Waals surface area (Å²) in [6, 6.07) is 5.90. The van der Waals surface area contributed by atoms with E-state index < -0.39 is 12.4 Å². The number of piperidine rings is 1. The van der Waals surface area contributed by atoms with E-state index in [1.54, 1.807) is 6.07 Å². The molecule has 0 spiro atoms. The summed E-state index contributed by atoms with van der Waals surface area (Å²) >= 11 is 0. The molecule has 2 N–H and O–H groups in total. The highest BCUT2D eigenvalue weighted by atomic mass is 19.3. The lowest BCUT2D eigenvalue weighted by molar-refractivity contribution is -0.0528. The van der Waals surface area contributed by atoms with E-state index >= 15 is 0 Å². The van der Waals surface area contributed by atoms with Gasteiger partial charge in [-0.3, -0.25) is 0 Å². The Kier molecular flexibility index (Phi) is 5.27. The van der Waals surface area contributed by atoms with Gasteiger partial charge in [0.2, 0.25) is 11.8 Å². The molecule has 4 aromatic rings. The number of nitrogens with zero attached hydrogens (tertiary/aromatic N) is 6. The van der Waals surface area contributed by atoms with E-state index in [4.69, 9.17) is 10.5 Å². The van der Waals surface area contributed by atoms with Crippen molar-refractivity contribution in [1.82, 2.24) is 24.6 Å². The van der Waals surface area contributed by atoms with Gasteiger partial charge in [0, 0.05) is 36.5 Å². The molecule has 33 heavy (non-hydrogen) atoms. The Balaban J connectivity index is 1.45. The first-order valence-corrected chi connectivity index (χ1v) is 10.3. The normalized spacial score (nSPS) is 16.6. The van der Waals surface area contributed by atoms with Gasteiger partial charge in [0.05, 0.1) is 24.5 Å². The number of nitrogens with two attached hydrogens (primary N) is 1. The van der Waals surface area contributed by atoms with Crippen LogP contribution in [0.5, 0.6) is 11.6 Å². The number of anilines is 2. The zero-order chi connectivity index (χ0) is 23.1. The molecular formula is C21H20F3N7O2. The summed E-state index contributed by atoms with van der Waals surface area (Å²) < 4.78 is 49.8. The molecule has 3 aromatic heterocycles. The van der Waals surface area contributed by atoms with Crippen LogP contribution in [0.4, 0.5) is 24.8 Å². The van der Waals surface area contributed by atoms with Crippen molar-refractivity contribution in [3.05, 3.63) is 42.1 Å². The molecule has 4 heterocycles. The van der Waals surface area contributed by atoms with Gasteiger partial charge in [-0.25, -0.2) is 19.3 Å². The molecule has 1 aliphatic rings. The molecule has 0 radical (unpaired) electrons. The number of aromatic nitrogens is 5. The molecule has 0 saturated carbocycles. The van der Waals surface area contributed by atoms with E-state index in [0.29, 0.717) is 28.9 Å². The summed E-state index contributed by atoms with van der Waals surface area (Å²) in [5.41, 5.74) is 7.75. The van der Waals surface area contributed by atoms with Crippen LogP contribution in [0.25, 0.3) is 16.6 Å². The van der Waals surface area contributed by atoms with Crippen molar-refractivity contribution in [3.63, 3.8) is 0 Å². The second-order valence-corrected chi connectivity index (χ2v) is 7.70. The van der Waals surface area contributed by atoms with Gasteiger partial charge in [-0.2, -0.15) is 13.3 Å². The highest BCUT2D eigenvalue weighted by Crippen LogP contribution is 2.31. The van der Waals surface area contributed by atoms with Gasteiger partial charge in [0.15, 0.2) is 23.0 Å². The lowest BCUT2D eigenvalue weighted by Crippen LogP contribution is -2.34. The number of nitrogen functional groups attached to an aromatic ring is 1. The first-order chi connectivity index (χ1) is 15.9. The van der Waals surface area contributed by atoms with Gasteiger partial charge in [0.25, 0.3) is 0 Å². The maximum absolute atomic E-state index is 14.3. The van der Waals surface area contributed by atoms with Gasteiger partial charge in [-0.05, 0) is 25.0 Å². The standard InChI is InChI=1S/C21H20F3N7O2/c1-32-16-8-15-13(7-14(16)22)19-28-18(29-31(19)21(25)27-15)11-3-2-6-30(10-11)12-4-5-17(26-9-12)33-20(23)24/h4-5,7-9,11,20H,2-3,6,10H2,1H3,(H2,25,27). The summed E-state index contributed by atoms with van der Waals surface area (Å²) in [5, 5.41) is 5.03. The fourth-order valence-electron chi connectivity index (χ4n) is 4.12.